The van der Waals surface area contributed by atoms with Crippen LogP contribution in [0.15, 0.2) is 30.5 Å². The quantitative estimate of drug-likeness (QED) is 0.610. The van der Waals surface area contributed by atoms with Gasteiger partial charge in [-0.3, -0.25) is 4.98 Å². The number of methoxy groups -OCH3 is 2. The highest BCUT2D eigenvalue weighted by Gasteiger charge is 2.31. The molecule has 1 saturated carbocycles. The van der Waals surface area contributed by atoms with Gasteiger partial charge < -0.3 is 18.9 Å². The van der Waals surface area contributed by atoms with E-state index >= 15 is 0 Å². The number of hydrogen-bond acceptors (Lipinski definition) is 6. The zero-order valence-corrected chi connectivity index (χ0v) is 16.5. The molecule has 0 aliphatic heterocycles. The van der Waals surface area contributed by atoms with Gasteiger partial charge in [-0.05, 0) is 24.6 Å². The van der Waals surface area contributed by atoms with Gasteiger partial charge in [0.15, 0.2) is 11.6 Å². The number of benzene rings is 1. The van der Waals surface area contributed by atoms with Crippen LogP contribution in [0.2, 0.25) is 0 Å². The van der Waals surface area contributed by atoms with Gasteiger partial charge in [0.1, 0.15) is 18.0 Å². The van der Waals surface area contributed by atoms with Crippen molar-refractivity contribution < 1.29 is 32.5 Å². The first-order chi connectivity index (χ1) is 14.0. The molecule has 0 unspecified atom stereocenters. The first kappa shape index (κ1) is 21.0. The van der Waals surface area contributed by atoms with E-state index in [4.69, 9.17) is 14.2 Å². The minimum Gasteiger partial charge on any atom is -0.490 e. The molecule has 29 heavy (non-hydrogen) atoms. The molecule has 0 radical (unpaired) electrons. The van der Waals surface area contributed by atoms with Crippen molar-refractivity contribution in [2.24, 2.45) is 0 Å². The fourth-order valence-electron chi connectivity index (χ4n) is 3.07. The van der Waals surface area contributed by atoms with Crippen LogP contribution >= 0.6 is 0 Å². The molecule has 1 aliphatic rings. The van der Waals surface area contributed by atoms with E-state index in [0.29, 0.717) is 17.9 Å². The number of carbonyl (C=O) groups is 1. The summed E-state index contributed by atoms with van der Waals surface area (Å²) in [5.41, 5.74) is 0.0400. The van der Waals surface area contributed by atoms with Gasteiger partial charge in [-0.25, -0.2) is 9.18 Å². The lowest BCUT2D eigenvalue weighted by Gasteiger charge is -2.34. The molecule has 156 valence electrons. The van der Waals surface area contributed by atoms with Crippen LogP contribution in [0.3, 0.4) is 0 Å². The van der Waals surface area contributed by atoms with Crippen LogP contribution in [0.4, 0.5) is 8.78 Å². The molecule has 0 bridgehead atoms. The van der Waals surface area contributed by atoms with E-state index in [2.05, 4.69) is 9.72 Å². The highest BCUT2D eigenvalue weighted by Crippen LogP contribution is 2.32. The summed E-state index contributed by atoms with van der Waals surface area (Å²) in [7, 11) is 2.77. The van der Waals surface area contributed by atoms with Crippen molar-refractivity contribution in [2.75, 3.05) is 14.2 Å². The smallest absolute Gasteiger partial charge is 0.340 e. The van der Waals surface area contributed by atoms with E-state index in [9.17, 15) is 13.6 Å². The molecule has 6 nitrogen and oxygen atoms in total. The number of rotatable bonds is 8. The van der Waals surface area contributed by atoms with E-state index < -0.39 is 29.3 Å². The van der Waals surface area contributed by atoms with Gasteiger partial charge >= 0.3 is 5.97 Å². The second kappa shape index (κ2) is 9.17. The minimum atomic E-state index is -1.31. The Morgan fingerprint density at radius 1 is 1.17 bits per heavy atom. The third-order valence-electron chi connectivity index (χ3n) is 4.86. The van der Waals surface area contributed by atoms with Gasteiger partial charge in [0.05, 0.1) is 24.5 Å². The van der Waals surface area contributed by atoms with Crippen molar-refractivity contribution in [3.05, 3.63) is 53.4 Å². The Labute approximate surface area is 167 Å². The molecule has 0 amide bonds. The third-order valence-corrected chi connectivity index (χ3v) is 4.86. The second-order valence-electron chi connectivity index (χ2n) is 6.73. The van der Waals surface area contributed by atoms with Crippen molar-refractivity contribution >= 4 is 5.97 Å². The zero-order valence-electron chi connectivity index (χ0n) is 16.5. The van der Waals surface area contributed by atoms with Crippen LogP contribution in [0.25, 0.3) is 0 Å². The van der Waals surface area contributed by atoms with Gasteiger partial charge in [0.2, 0.25) is 5.82 Å². The summed E-state index contributed by atoms with van der Waals surface area (Å²) in [4.78, 5) is 15.8. The summed E-state index contributed by atoms with van der Waals surface area (Å²) in [6.45, 7) is 1.84. The van der Waals surface area contributed by atoms with Gasteiger partial charge in [-0.2, -0.15) is 4.39 Å². The third kappa shape index (κ3) is 4.64. The van der Waals surface area contributed by atoms with Crippen molar-refractivity contribution in [3.63, 3.8) is 0 Å². The van der Waals surface area contributed by atoms with E-state index in [1.54, 1.807) is 25.4 Å². The predicted octanol–water partition coefficient (Wildman–Crippen LogP) is 4.23. The lowest BCUT2D eigenvalue weighted by Crippen LogP contribution is -2.38. The monoisotopic (exact) mass is 407 g/mol. The Kier molecular flexibility index (Phi) is 6.64. The molecule has 3 rings (SSSR count). The van der Waals surface area contributed by atoms with Gasteiger partial charge in [0.25, 0.3) is 0 Å². The minimum absolute atomic E-state index is 0.0774. The molecule has 1 atom stereocenters. The molecule has 8 heteroatoms. The lowest BCUT2D eigenvalue weighted by molar-refractivity contribution is -0.0382. The van der Waals surface area contributed by atoms with Crippen LogP contribution in [0.1, 0.15) is 48.3 Å². The second-order valence-corrected chi connectivity index (χ2v) is 6.73. The number of halogens is 2. The molecular formula is C21H23F2NO5. The molecule has 1 fully saturated rings. The van der Waals surface area contributed by atoms with E-state index in [0.717, 1.165) is 26.0 Å². The highest BCUT2D eigenvalue weighted by molar-refractivity contribution is 5.89. The zero-order chi connectivity index (χ0) is 21.0. The number of esters is 1. The summed E-state index contributed by atoms with van der Waals surface area (Å²) in [5, 5.41) is 0. The Morgan fingerprint density at radius 2 is 1.93 bits per heavy atom. The molecule has 1 aliphatic carbocycles. The van der Waals surface area contributed by atoms with Crippen molar-refractivity contribution in [3.8, 4) is 11.5 Å². The number of ether oxygens (including phenoxy) is 4. The molecule has 1 aromatic heterocycles. The normalized spacial score (nSPS) is 19.2. The SMILES string of the molecule is CC[C@@H](Oc1ccc(C(=O)OC)c(F)c1F)c1cc(OC2CC(OC)C2)ccn1. The maximum Gasteiger partial charge on any atom is 0.340 e. The van der Waals surface area contributed by atoms with Crippen LogP contribution in [0, 0.1) is 11.6 Å². The average molecular weight is 407 g/mol. The standard InChI is InChI=1S/C21H23F2NO5/c1-4-17(29-18-6-5-15(21(25)27-3)19(22)20(18)23)16-11-12(7-8-24-16)28-14-9-13(10-14)26-2/h5-8,11,13-14,17H,4,9-10H2,1-3H3/t13?,14?,17-/m1/s1. The highest BCUT2D eigenvalue weighted by atomic mass is 19.2. The number of aromatic nitrogens is 1. The van der Waals surface area contributed by atoms with Crippen LogP contribution in [-0.4, -0.2) is 37.4 Å². The number of pyridine rings is 1. The molecule has 0 N–H and O–H groups in total. The average Bonchev–Trinajstić information content (AvgIpc) is 2.71. The maximum atomic E-state index is 14.4. The Balaban J connectivity index is 1.74. The summed E-state index contributed by atoms with van der Waals surface area (Å²) in [6.07, 6.45) is 3.36. The van der Waals surface area contributed by atoms with Gasteiger partial charge in [0, 0.05) is 32.2 Å². The maximum absolute atomic E-state index is 14.4. The summed E-state index contributed by atoms with van der Waals surface area (Å²) < 4.78 is 49.8. The fourth-order valence-corrected chi connectivity index (χ4v) is 3.07. The van der Waals surface area contributed by atoms with E-state index in [1.165, 1.54) is 6.07 Å². The van der Waals surface area contributed by atoms with Crippen molar-refractivity contribution in [2.45, 2.75) is 44.5 Å². The number of nitrogens with zero attached hydrogens (tertiary/aromatic N) is 1. The van der Waals surface area contributed by atoms with Crippen LogP contribution < -0.4 is 9.47 Å². The fraction of sp³-hybridized carbons (Fsp3) is 0.429. The van der Waals surface area contributed by atoms with E-state index in [1.807, 2.05) is 6.92 Å². The molecular weight excluding hydrogens is 384 g/mol. The first-order valence-corrected chi connectivity index (χ1v) is 9.35. The Hall–Kier alpha value is -2.74. The Morgan fingerprint density at radius 3 is 2.59 bits per heavy atom. The van der Waals surface area contributed by atoms with Crippen LogP contribution in [0.5, 0.6) is 11.5 Å². The number of carbonyl (C=O) groups excluding carboxylic acids is 1. The Bertz CT molecular complexity index is 870. The first-order valence-electron chi connectivity index (χ1n) is 9.35. The van der Waals surface area contributed by atoms with E-state index in [-0.39, 0.29) is 18.0 Å². The number of hydrogen-bond donors (Lipinski definition) is 0. The van der Waals surface area contributed by atoms with Crippen molar-refractivity contribution in [1.82, 2.24) is 4.98 Å². The van der Waals surface area contributed by atoms with Gasteiger partial charge in [-0.15, -0.1) is 0 Å². The predicted molar refractivity (Wildman–Crippen MR) is 100 cm³/mol. The molecule has 1 aromatic carbocycles. The summed E-state index contributed by atoms with van der Waals surface area (Å²) in [6, 6.07) is 5.79. The van der Waals surface area contributed by atoms with Crippen LogP contribution in [-0.2, 0) is 9.47 Å². The molecule has 1 heterocycles. The molecule has 0 spiro atoms. The summed E-state index contributed by atoms with van der Waals surface area (Å²) >= 11 is 0. The molecule has 2 aromatic rings. The van der Waals surface area contributed by atoms with Gasteiger partial charge in [-0.1, -0.05) is 6.92 Å². The summed E-state index contributed by atoms with van der Waals surface area (Å²) in [5.74, 6) is -3.20. The molecule has 0 saturated heterocycles. The lowest BCUT2D eigenvalue weighted by atomic mass is 9.92. The topological polar surface area (TPSA) is 66.9 Å². The van der Waals surface area contributed by atoms with Crippen molar-refractivity contribution in [1.29, 1.82) is 0 Å². The largest absolute Gasteiger partial charge is 0.490 e.